The molecule has 0 saturated heterocycles. The van der Waals surface area contributed by atoms with Gasteiger partial charge in [0.1, 0.15) is 0 Å². The summed E-state index contributed by atoms with van der Waals surface area (Å²) in [6, 6.07) is 5.20. The second-order valence-electron chi connectivity index (χ2n) is 3.30. The van der Waals surface area contributed by atoms with Gasteiger partial charge in [-0.15, -0.1) is 0 Å². The van der Waals surface area contributed by atoms with E-state index in [4.69, 9.17) is 4.42 Å². The summed E-state index contributed by atoms with van der Waals surface area (Å²) in [6.45, 7) is 3.25. The molecule has 1 amide bonds. The van der Waals surface area contributed by atoms with Gasteiger partial charge >= 0.3 is 0 Å². The van der Waals surface area contributed by atoms with Crippen molar-refractivity contribution in [1.29, 1.82) is 0 Å². The van der Waals surface area contributed by atoms with E-state index in [2.05, 4.69) is 10.4 Å². The number of hydrogen-bond acceptors (Lipinski definition) is 3. The minimum Gasteiger partial charge on any atom is -0.459 e. The average molecular weight is 219 g/mol. The predicted octanol–water partition coefficient (Wildman–Crippen LogP) is 1.43. The number of nitrogens with one attached hydrogen (secondary N) is 1. The Morgan fingerprint density at radius 2 is 2.44 bits per heavy atom. The maximum Gasteiger partial charge on any atom is 0.287 e. The number of amides is 1. The molecule has 2 rings (SSSR count). The molecular formula is C11H13N3O2. The quantitative estimate of drug-likeness (QED) is 0.846. The van der Waals surface area contributed by atoms with Gasteiger partial charge < -0.3 is 9.73 Å². The van der Waals surface area contributed by atoms with Crippen LogP contribution in [0.1, 0.15) is 23.2 Å². The van der Waals surface area contributed by atoms with Crippen molar-refractivity contribution in [2.45, 2.75) is 20.0 Å². The molecule has 0 unspecified atom stereocenters. The summed E-state index contributed by atoms with van der Waals surface area (Å²) in [7, 11) is 0. The number of carbonyl (C=O) groups excluding carboxylic acids is 1. The van der Waals surface area contributed by atoms with Crippen LogP contribution in [0.25, 0.3) is 0 Å². The molecule has 0 aliphatic heterocycles. The molecule has 0 aliphatic rings. The Kier molecular flexibility index (Phi) is 3.05. The van der Waals surface area contributed by atoms with Crippen LogP contribution in [0.15, 0.2) is 35.1 Å². The van der Waals surface area contributed by atoms with Gasteiger partial charge in [-0.05, 0) is 25.1 Å². The lowest BCUT2D eigenvalue weighted by Crippen LogP contribution is -2.23. The molecule has 0 spiro atoms. The molecule has 0 saturated carbocycles. The number of nitrogens with zero attached hydrogens (tertiary/aromatic N) is 2. The molecule has 0 atom stereocenters. The molecule has 0 fully saturated rings. The van der Waals surface area contributed by atoms with Crippen molar-refractivity contribution < 1.29 is 9.21 Å². The summed E-state index contributed by atoms with van der Waals surface area (Å²) in [5, 5.41) is 6.89. The Labute approximate surface area is 93.1 Å². The largest absolute Gasteiger partial charge is 0.459 e. The summed E-state index contributed by atoms with van der Waals surface area (Å²) in [6.07, 6.45) is 3.20. The molecule has 0 aromatic carbocycles. The Bertz CT molecular complexity index is 459. The van der Waals surface area contributed by atoms with Crippen LogP contribution in [-0.2, 0) is 13.1 Å². The standard InChI is InChI=1S/C11H13N3O2/c1-2-14-9(5-6-13-14)8-12-11(15)10-4-3-7-16-10/h3-7H,2,8H2,1H3,(H,12,15). The lowest BCUT2D eigenvalue weighted by molar-refractivity contribution is 0.0922. The number of furan rings is 1. The molecule has 0 radical (unpaired) electrons. The van der Waals surface area contributed by atoms with Gasteiger partial charge in [-0.25, -0.2) is 0 Å². The zero-order valence-electron chi connectivity index (χ0n) is 9.01. The molecule has 5 nitrogen and oxygen atoms in total. The monoisotopic (exact) mass is 219 g/mol. The van der Waals surface area contributed by atoms with Crippen molar-refractivity contribution in [3.05, 3.63) is 42.1 Å². The second-order valence-corrected chi connectivity index (χ2v) is 3.30. The second kappa shape index (κ2) is 4.65. The first-order chi connectivity index (χ1) is 7.81. The highest BCUT2D eigenvalue weighted by molar-refractivity contribution is 5.91. The normalized spacial score (nSPS) is 10.3. The van der Waals surface area contributed by atoms with Gasteiger partial charge in [0.05, 0.1) is 18.5 Å². The van der Waals surface area contributed by atoms with E-state index in [9.17, 15) is 4.79 Å². The Hall–Kier alpha value is -2.04. The molecule has 2 aromatic rings. The first kappa shape index (κ1) is 10.5. The highest BCUT2D eigenvalue weighted by Crippen LogP contribution is 2.02. The van der Waals surface area contributed by atoms with Crippen LogP contribution >= 0.6 is 0 Å². The van der Waals surface area contributed by atoms with Crippen LogP contribution in [-0.4, -0.2) is 15.7 Å². The van der Waals surface area contributed by atoms with Crippen molar-refractivity contribution in [1.82, 2.24) is 15.1 Å². The lowest BCUT2D eigenvalue weighted by Gasteiger charge is -2.05. The summed E-state index contributed by atoms with van der Waals surface area (Å²) < 4.78 is 6.82. The highest BCUT2D eigenvalue weighted by Gasteiger charge is 2.08. The fourth-order valence-corrected chi connectivity index (χ4v) is 1.46. The van der Waals surface area contributed by atoms with Crippen LogP contribution in [0.2, 0.25) is 0 Å². The molecule has 16 heavy (non-hydrogen) atoms. The minimum atomic E-state index is -0.214. The average Bonchev–Trinajstić information content (AvgIpc) is 2.96. The first-order valence-corrected chi connectivity index (χ1v) is 5.13. The van der Waals surface area contributed by atoms with E-state index in [0.717, 1.165) is 12.2 Å². The Morgan fingerprint density at radius 1 is 1.56 bits per heavy atom. The van der Waals surface area contributed by atoms with Crippen LogP contribution in [0.4, 0.5) is 0 Å². The van der Waals surface area contributed by atoms with Crippen molar-refractivity contribution in [2.75, 3.05) is 0 Å². The van der Waals surface area contributed by atoms with Gasteiger partial charge in [0.25, 0.3) is 5.91 Å². The van der Waals surface area contributed by atoms with E-state index < -0.39 is 0 Å². The molecule has 84 valence electrons. The zero-order chi connectivity index (χ0) is 11.4. The first-order valence-electron chi connectivity index (χ1n) is 5.13. The van der Waals surface area contributed by atoms with Crippen molar-refractivity contribution in [3.63, 3.8) is 0 Å². The number of aromatic nitrogens is 2. The highest BCUT2D eigenvalue weighted by atomic mass is 16.3. The van der Waals surface area contributed by atoms with Gasteiger partial charge in [-0.1, -0.05) is 0 Å². The summed E-state index contributed by atoms with van der Waals surface area (Å²) in [5.74, 6) is 0.108. The van der Waals surface area contributed by atoms with Crippen molar-refractivity contribution in [2.24, 2.45) is 0 Å². The fourth-order valence-electron chi connectivity index (χ4n) is 1.46. The van der Waals surface area contributed by atoms with Crippen LogP contribution in [0.5, 0.6) is 0 Å². The summed E-state index contributed by atoms with van der Waals surface area (Å²) >= 11 is 0. The topological polar surface area (TPSA) is 60.1 Å². The predicted molar refractivity (Wildman–Crippen MR) is 57.8 cm³/mol. The number of aryl methyl sites for hydroxylation is 1. The number of carbonyl (C=O) groups is 1. The van der Waals surface area contributed by atoms with E-state index in [1.165, 1.54) is 6.26 Å². The van der Waals surface area contributed by atoms with E-state index in [0.29, 0.717) is 12.3 Å². The van der Waals surface area contributed by atoms with E-state index in [-0.39, 0.29) is 5.91 Å². The third kappa shape index (κ3) is 2.13. The van der Waals surface area contributed by atoms with Crippen molar-refractivity contribution in [3.8, 4) is 0 Å². The van der Waals surface area contributed by atoms with Crippen LogP contribution < -0.4 is 5.32 Å². The molecule has 1 N–H and O–H groups in total. The van der Waals surface area contributed by atoms with Crippen LogP contribution in [0, 0.1) is 0 Å². The molecule has 2 aromatic heterocycles. The third-order valence-corrected chi connectivity index (χ3v) is 2.28. The zero-order valence-corrected chi connectivity index (χ0v) is 9.01. The maximum absolute atomic E-state index is 11.6. The van der Waals surface area contributed by atoms with Gasteiger partial charge in [0, 0.05) is 12.7 Å². The van der Waals surface area contributed by atoms with Gasteiger partial charge in [-0.3, -0.25) is 9.48 Å². The third-order valence-electron chi connectivity index (χ3n) is 2.28. The van der Waals surface area contributed by atoms with E-state index in [1.807, 2.05) is 17.7 Å². The number of rotatable bonds is 4. The minimum absolute atomic E-state index is 0.214. The fraction of sp³-hybridized carbons (Fsp3) is 0.273. The van der Waals surface area contributed by atoms with Gasteiger partial charge in [-0.2, -0.15) is 5.10 Å². The maximum atomic E-state index is 11.6. The van der Waals surface area contributed by atoms with Crippen LogP contribution in [0.3, 0.4) is 0 Å². The summed E-state index contributed by atoms with van der Waals surface area (Å²) in [5.41, 5.74) is 0.974. The van der Waals surface area contributed by atoms with Gasteiger partial charge in [0.15, 0.2) is 5.76 Å². The Morgan fingerprint density at radius 3 is 3.12 bits per heavy atom. The van der Waals surface area contributed by atoms with E-state index in [1.54, 1.807) is 18.3 Å². The smallest absolute Gasteiger partial charge is 0.287 e. The van der Waals surface area contributed by atoms with Crippen molar-refractivity contribution >= 4 is 5.91 Å². The molecule has 5 heteroatoms. The molecule has 2 heterocycles. The van der Waals surface area contributed by atoms with E-state index >= 15 is 0 Å². The molecule has 0 aliphatic carbocycles. The Balaban J connectivity index is 1.95. The lowest BCUT2D eigenvalue weighted by atomic mass is 10.4. The molecular weight excluding hydrogens is 206 g/mol. The number of hydrogen-bond donors (Lipinski definition) is 1. The summed E-state index contributed by atoms with van der Waals surface area (Å²) in [4.78, 5) is 11.6. The van der Waals surface area contributed by atoms with Gasteiger partial charge in [0.2, 0.25) is 0 Å². The molecule has 0 bridgehead atoms. The SMILES string of the molecule is CCn1nccc1CNC(=O)c1ccco1.